The fourth-order valence-electron chi connectivity index (χ4n) is 3.68. The van der Waals surface area contributed by atoms with E-state index in [1.165, 1.54) is 11.1 Å². The van der Waals surface area contributed by atoms with Gasteiger partial charge in [-0.3, -0.25) is 4.79 Å². The van der Waals surface area contributed by atoms with Crippen LogP contribution in [-0.2, 0) is 6.54 Å². The second-order valence-corrected chi connectivity index (χ2v) is 8.81. The van der Waals surface area contributed by atoms with E-state index in [0.29, 0.717) is 17.9 Å². The van der Waals surface area contributed by atoms with Gasteiger partial charge in [-0.05, 0) is 81.1 Å². The van der Waals surface area contributed by atoms with Crippen LogP contribution in [0.25, 0.3) is 17.2 Å². The van der Waals surface area contributed by atoms with Crippen molar-refractivity contribution in [2.75, 3.05) is 41.3 Å². The van der Waals surface area contributed by atoms with Crippen molar-refractivity contribution in [3.63, 3.8) is 0 Å². The van der Waals surface area contributed by atoms with Gasteiger partial charge in [0.25, 0.3) is 0 Å². The Morgan fingerprint density at radius 1 is 0.909 bits per heavy atom. The van der Waals surface area contributed by atoms with Crippen molar-refractivity contribution in [1.29, 1.82) is 0 Å². The standard InChI is InChI=1S/C29H34N2O2/c1-22-10-6-9-13-26(22)24-14-16-27(29(20-24)33-19-18-30(2)3)28(32)17-15-23-11-7-8-12-25(23)21-31(4)5/h6-17,20H,18-19,21H2,1-5H3. The lowest BCUT2D eigenvalue weighted by molar-refractivity contribution is 0.104. The van der Waals surface area contributed by atoms with E-state index in [1.54, 1.807) is 6.08 Å². The van der Waals surface area contributed by atoms with Gasteiger partial charge in [0, 0.05) is 13.1 Å². The largest absolute Gasteiger partial charge is 0.491 e. The highest BCUT2D eigenvalue weighted by atomic mass is 16.5. The molecule has 0 saturated heterocycles. The van der Waals surface area contributed by atoms with Gasteiger partial charge in [0.2, 0.25) is 0 Å². The number of hydrogen-bond donors (Lipinski definition) is 0. The maximum atomic E-state index is 13.2. The van der Waals surface area contributed by atoms with Gasteiger partial charge in [0.05, 0.1) is 5.56 Å². The van der Waals surface area contributed by atoms with Crippen LogP contribution in [0.2, 0.25) is 0 Å². The van der Waals surface area contributed by atoms with Crippen molar-refractivity contribution in [1.82, 2.24) is 9.80 Å². The monoisotopic (exact) mass is 442 g/mol. The van der Waals surface area contributed by atoms with Gasteiger partial charge in [-0.1, -0.05) is 60.7 Å². The molecule has 0 fully saturated rings. The molecule has 0 spiro atoms. The van der Waals surface area contributed by atoms with Crippen molar-refractivity contribution in [3.8, 4) is 16.9 Å². The van der Waals surface area contributed by atoms with Gasteiger partial charge in [-0.25, -0.2) is 0 Å². The van der Waals surface area contributed by atoms with Crippen molar-refractivity contribution in [2.45, 2.75) is 13.5 Å². The highest BCUT2D eigenvalue weighted by molar-refractivity contribution is 6.09. The summed E-state index contributed by atoms with van der Waals surface area (Å²) in [5.41, 5.74) is 6.18. The Morgan fingerprint density at radius 2 is 1.64 bits per heavy atom. The van der Waals surface area contributed by atoms with Gasteiger partial charge in [-0.15, -0.1) is 0 Å². The van der Waals surface area contributed by atoms with Gasteiger partial charge in [0.1, 0.15) is 12.4 Å². The zero-order valence-electron chi connectivity index (χ0n) is 20.3. The minimum atomic E-state index is -0.0640. The molecule has 172 valence electrons. The molecule has 0 aromatic heterocycles. The predicted octanol–water partition coefficient (Wildman–Crippen LogP) is 5.56. The lowest BCUT2D eigenvalue weighted by Crippen LogP contribution is -2.20. The fourth-order valence-corrected chi connectivity index (χ4v) is 3.68. The lowest BCUT2D eigenvalue weighted by Gasteiger charge is -2.15. The van der Waals surface area contributed by atoms with E-state index >= 15 is 0 Å². The average molecular weight is 443 g/mol. The van der Waals surface area contributed by atoms with Crippen molar-refractivity contribution < 1.29 is 9.53 Å². The molecule has 3 rings (SSSR count). The molecule has 3 aromatic rings. The summed E-state index contributed by atoms with van der Waals surface area (Å²) in [6.45, 7) is 4.20. The number of ketones is 1. The molecule has 33 heavy (non-hydrogen) atoms. The molecule has 0 aliphatic carbocycles. The third-order valence-corrected chi connectivity index (χ3v) is 5.46. The minimum Gasteiger partial charge on any atom is -0.491 e. The summed E-state index contributed by atoms with van der Waals surface area (Å²) in [5.74, 6) is 0.555. The van der Waals surface area contributed by atoms with E-state index < -0.39 is 0 Å². The maximum Gasteiger partial charge on any atom is 0.189 e. The van der Waals surface area contributed by atoms with E-state index in [-0.39, 0.29) is 5.78 Å². The molecular weight excluding hydrogens is 408 g/mol. The average Bonchev–Trinajstić information content (AvgIpc) is 2.78. The van der Waals surface area contributed by atoms with Crippen LogP contribution in [0.1, 0.15) is 27.0 Å². The van der Waals surface area contributed by atoms with E-state index in [0.717, 1.165) is 29.8 Å². The van der Waals surface area contributed by atoms with Crippen LogP contribution in [0.15, 0.2) is 72.8 Å². The highest BCUT2D eigenvalue weighted by Gasteiger charge is 2.13. The smallest absolute Gasteiger partial charge is 0.189 e. The zero-order chi connectivity index (χ0) is 23.8. The molecule has 0 aliphatic rings. The first kappa shape index (κ1) is 24.4. The van der Waals surface area contributed by atoms with Crippen LogP contribution < -0.4 is 4.74 Å². The van der Waals surface area contributed by atoms with Gasteiger partial charge < -0.3 is 14.5 Å². The maximum absolute atomic E-state index is 13.2. The minimum absolute atomic E-state index is 0.0640. The number of aryl methyl sites for hydroxylation is 1. The number of benzene rings is 3. The first-order valence-electron chi connectivity index (χ1n) is 11.3. The summed E-state index contributed by atoms with van der Waals surface area (Å²) in [4.78, 5) is 17.4. The van der Waals surface area contributed by atoms with E-state index in [1.807, 2.05) is 82.8 Å². The molecule has 4 heteroatoms. The number of carbonyl (C=O) groups is 1. The summed E-state index contributed by atoms with van der Waals surface area (Å²) < 4.78 is 6.10. The van der Waals surface area contributed by atoms with Crippen molar-refractivity contribution in [2.24, 2.45) is 0 Å². The Kier molecular flexibility index (Phi) is 8.58. The lowest BCUT2D eigenvalue weighted by atomic mass is 9.97. The first-order chi connectivity index (χ1) is 15.8. The van der Waals surface area contributed by atoms with Gasteiger partial charge in [-0.2, -0.15) is 0 Å². The molecule has 0 atom stereocenters. The Labute approximate surface area is 198 Å². The number of nitrogens with zero attached hydrogens (tertiary/aromatic N) is 2. The number of ether oxygens (including phenoxy) is 1. The van der Waals surface area contributed by atoms with Crippen molar-refractivity contribution >= 4 is 11.9 Å². The molecule has 0 N–H and O–H groups in total. The molecule has 0 heterocycles. The van der Waals surface area contributed by atoms with Crippen molar-refractivity contribution in [3.05, 3.63) is 95.1 Å². The molecule has 0 aliphatic heterocycles. The molecule has 0 amide bonds. The molecule has 0 saturated carbocycles. The van der Waals surface area contributed by atoms with E-state index in [9.17, 15) is 4.79 Å². The molecule has 3 aromatic carbocycles. The summed E-state index contributed by atoms with van der Waals surface area (Å²) in [6.07, 6.45) is 3.55. The molecule has 0 bridgehead atoms. The Balaban J connectivity index is 1.91. The summed E-state index contributed by atoms with van der Waals surface area (Å²) in [7, 11) is 8.10. The van der Waals surface area contributed by atoms with Crippen LogP contribution in [0, 0.1) is 6.92 Å². The predicted molar refractivity (Wildman–Crippen MR) is 138 cm³/mol. The second-order valence-electron chi connectivity index (χ2n) is 8.81. The SMILES string of the molecule is Cc1ccccc1-c1ccc(C(=O)C=Cc2ccccc2CN(C)C)c(OCCN(C)C)c1. The topological polar surface area (TPSA) is 32.8 Å². The fraction of sp³-hybridized carbons (Fsp3) is 0.276. The molecule has 0 unspecified atom stereocenters. The Morgan fingerprint density at radius 3 is 2.36 bits per heavy atom. The van der Waals surface area contributed by atoms with Gasteiger partial charge in [0.15, 0.2) is 5.78 Å². The third-order valence-electron chi connectivity index (χ3n) is 5.46. The Hall–Kier alpha value is -3.21. The number of likely N-dealkylation sites (N-methyl/N-ethyl adjacent to an activating group) is 1. The normalized spacial score (nSPS) is 11.5. The summed E-state index contributed by atoms with van der Waals surface area (Å²) in [6, 6.07) is 22.3. The second kappa shape index (κ2) is 11.6. The summed E-state index contributed by atoms with van der Waals surface area (Å²) in [5, 5.41) is 0. The third kappa shape index (κ3) is 6.88. The molecule has 0 radical (unpaired) electrons. The summed E-state index contributed by atoms with van der Waals surface area (Å²) >= 11 is 0. The van der Waals surface area contributed by atoms with E-state index in [2.05, 4.69) is 34.9 Å². The zero-order valence-corrected chi connectivity index (χ0v) is 20.3. The van der Waals surface area contributed by atoms with Crippen LogP contribution >= 0.6 is 0 Å². The number of rotatable bonds is 10. The number of allylic oxidation sites excluding steroid dienone is 1. The molecular formula is C29H34N2O2. The highest BCUT2D eigenvalue weighted by Crippen LogP contribution is 2.30. The van der Waals surface area contributed by atoms with Crippen LogP contribution in [0.5, 0.6) is 5.75 Å². The van der Waals surface area contributed by atoms with E-state index in [4.69, 9.17) is 4.74 Å². The van der Waals surface area contributed by atoms with Gasteiger partial charge >= 0.3 is 0 Å². The van der Waals surface area contributed by atoms with Crippen LogP contribution in [-0.4, -0.2) is 56.9 Å². The van der Waals surface area contributed by atoms with Crippen LogP contribution in [0.4, 0.5) is 0 Å². The Bertz CT molecular complexity index is 1120. The number of carbonyl (C=O) groups excluding carboxylic acids is 1. The quantitative estimate of drug-likeness (QED) is 0.304. The van der Waals surface area contributed by atoms with Crippen LogP contribution in [0.3, 0.4) is 0 Å². The first-order valence-corrected chi connectivity index (χ1v) is 11.3. The number of hydrogen-bond acceptors (Lipinski definition) is 4. The molecule has 4 nitrogen and oxygen atoms in total.